The van der Waals surface area contributed by atoms with Crippen molar-refractivity contribution < 1.29 is 13.9 Å². The van der Waals surface area contributed by atoms with E-state index in [9.17, 15) is 0 Å². The molecular formula is C12H21NO3. The molecule has 92 valence electrons. The first kappa shape index (κ1) is 13.2. The molecule has 0 saturated heterocycles. The van der Waals surface area contributed by atoms with Gasteiger partial charge >= 0.3 is 0 Å². The van der Waals surface area contributed by atoms with Gasteiger partial charge in [-0.05, 0) is 25.1 Å². The van der Waals surface area contributed by atoms with Crippen LogP contribution in [0.2, 0.25) is 0 Å². The second-order valence-corrected chi connectivity index (χ2v) is 3.59. The molecule has 1 heterocycles. The van der Waals surface area contributed by atoms with Gasteiger partial charge in [-0.2, -0.15) is 0 Å². The van der Waals surface area contributed by atoms with E-state index in [1.54, 1.807) is 13.4 Å². The summed E-state index contributed by atoms with van der Waals surface area (Å²) in [5.74, 6) is 0.922. The second kappa shape index (κ2) is 8.33. The normalized spacial score (nSPS) is 12.9. The zero-order chi connectivity index (χ0) is 11.6. The number of ether oxygens (including phenoxy) is 2. The van der Waals surface area contributed by atoms with Crippen LogP contribution in [0, 0.1) is 0 Å². The van der Waals surface area contributed by atoms with Crippen LogP contribution in [-0.4, -0.2) is 33.5 Å². The van der Waals surface area contributed by atoms with Gasteiger partial charge in [0.2, 0.25) is 0 Å². The topological polar surface area (TPSA) is 43.6 Å². The van der Waals surface area contributed by atoms with Crippen molar-refractivity contribution in [1.29, 1.82) is 0 Å². The lowest BCUT2D eigenvalue weighted by atomic mass is 10.2. The van der Waals surface area contributed by atoms with Gasteiger partial charge in [-0.1, -0.05) is 6.92 Å². The highest BCUT2D eigenvalue weighted by atomic mass is 16.5. The van der Waals surface area contributed by atoms with Gasteiger partial charge < -0.3 is 19.2 Å². The monoisotopic (exact) mass is 227 g/mol. The number of hydrogen-bond donors (Lipinski definition) is 1. The van der Waals surface area contributed by atoms with Crippen LogP contribution in [0.3, 0.4) is 0 Å². The maximum Gasteiger partial charge on any atom is 0.123 e. The van der Waals surface area contributed by atoms with Crippen molar-refractivity contribution in [2.75, 3.05) is 33.5 Å². The van der Waals surface area contributed by atoms with Crippen molar-refractivity contribution in [2.24, 2.45) is 0 Å². The lowest BCUT2D eigenvalue weighted by Gasteiger charge is -2.16. The fourth-order valence-electron chi connectivity index (χ4n) is 1.39. The maximum absolute atomic E-state index is 5.51. The van der Waals surface area contributed by atoms with Gasteiger partial charge in [0.25, 0.3) is 0 Å². The molecule has 1 atom stereocenters. The van der Waals surface area contributed by atoms with Crippen LogP contribution < -0.4 is 5.32 Å². The van der Waals surface area contributed by atoms with E-state index in [0.29, 0.717) is 19.8 Å². The molecule has 1 N–H and O–H groups in total. The van der Waals surface area contributed by atoms with Crippen molar-refractivity contribution in [3.05, 3.63) is 24.2 Å². The molecule has 0 aliphatic carbocycles. The first-order valence-corrected chi connectivity index (χ1v) is 5.72. The van der Waals surface area contributed by atoms with Crippen molar-refractivity contribution in [1.82, 2.24) is 5.32 Å². The van der Waals surface area contributed by atoms with Gasteiger partial charge in [-0.3, -0.25) is 0 Å². The summed E-state index contributed by atoms with van der Waals surface area (Å²) in [6.45, 7) is 4.94. The molecule has 16 heavy (non-hydrogen) atoms. The number of hydrogen-bond acceptors (Lipinski definition) is 4. The summed E-state index contributed by atoms with van der Waals surface area (Å²) in [6.07, 6.45) is 2.78. The Balaban J connectivity index is 2.32. The molecule has 0 amide bonds. The van der Waals surface area contributed by atoms with Crippen LogP contribution in [0.5, 0.6) is 0 Å². The highest BCUT2D eigenvalue weighted by Crippen LogP contribution is 2.13. The average molecular weight is 227 g/mol. The standard InChI is InChI=1S/C12H21NO3/c1-3-6-13-11(10-15-9-8-14-2)12-5-4-7-16-12/h4-5,7,11,13H,3,6,8-10H2,1-2H3. The predicted molar refractivity (Wildman–Crippen MR) is 62.4 cm³/mol. The molecule has 1 unspecified atom stereocenters. The Morgan fingerprint density at radius 1 is 1.44 bits per heavy atom. The first-order valence-electron chi connectivity index (χ1n) is 5.72. The lowest BCUT2D eigenvalue weighted by molar-refractivity contribution is 0.0555. The smallest absolute Gasteiger partial charge is 0.123 e. The summed E-state index contributed by atoms with van der Waals surface area (Å²) in [6, 6.07) is 3.99. The van der Waals surface area contributed by atoms with E-state index >= 15 is 0 Å². The van der Waals surface area contributed by atoms with Crippen LogP contribution in [0.25, 0.3) is 0 Å². The molecule has 0 spiro atoms. The fourth-order valence-corrected chi connectivity index (χ4v) is 1.39. The van der Waals surface area contributed by atoms with Crippen LogP contribution >= 0.6 is 0 Å². The molecule has 4 heteroatoms. The summed E-state index contributed by atoms with van der Waals surface area (Å²) in [7, 11) is 1.67. The fraction of sp³-hybridized carbons (Fsp3) is 0.667. The number of furan rings is 1. The minimum atomic E-state index is 0.131. The van der Waals surface area contributed by atoms with E-state index in [-0.39, 0.29) is 6.04 Å². The number of nitrogens with one attached hydrogen (secondary N) is 1. The van der Waals surface area contributed by atoms with Gasteiger partial charge in [0.1, 0.15) is 5.76 Å². The third-order valence-electron chi connectivity index (χ3n) is 2.24. The zero-order valence-electron chi connectivity index (χ0n) is 10.1. The van der Waals surface area contributed by atoms with Gasteiger partial charge in [0.05, 0.1) is 32.1 Å². The summed E-state index contributed by atoms with van der Waals surface area (Å²) < 4.78 is 15.8. The van der Waals surface area contributed by atoms with Crippen molar-refractivity contribution in [3.8, 4) is 0 Å². The zero-order valence-corrected chi connectivity index (χ0v) is 10.1. The summed E-state index contributed by atoms with van der Waals surface area (Å²) in [5, 5.41) is 3.39. The molecule has 1 rings (SSSR count). The molecule has 0 aromatic carbocycles. The van der Waals surface area contributed by atoms with E-state index in [1.165, 1.54) is 0 Å². The second-order valence-electron chi connectivity index (χ2n) is 3.59. The Morgan fingerprint density at radius 2 is 2.31 bits per heavy atom. The largest absolute Gasteiger partial charge is 0.468 e. The quantitative estimate of drug-likeness (QED) is 0.655. The van der Waals surface area contributed by atoms with Gasteiger partial charge in [0, 0.05) is 7.11 Å². The van der Waals surface area contributed by atoms with Crippen LogP contribution in [-0.2, 0) is 9.47 Å². The molecule has 4 nitrogen and oxygen atoms in total. The minimum absolute atomic E-state index is 0.131. The van der Waals surface area contributed by atoms with E-state index in [4.69, 9.17) is 13.9 Å². The number of rotatable bonds is 9. The van der Waals surface area contributed by atoms with Crippen LogP contribution in [0.4, 0.5) is 0 Å². The van der Waals surface area contributed by atoms with E-state index in [2.05, 4.69) is 12.2 Å². The highest BCUT2D eigenvalue weighted by Gasteiger charge is 2.13. The van der Waals surface area contributed by atoms with E-state index < -0.39 is 0 Å². The Kier molecular flexibility index (Phi) is 6.88. The number of methoxy groups -OCH3 is 1. The minimum Gasteiger partial charge on any atom is -0.468 e. The van der Waals surface area contributed by atoms with E-state index in [1.807, 2.05) is 12.1 Å². The van der Waals surface area contributed by atoms with Crippen molar-refractivity contribution in [2.45, 2.75) is 19.4 Å². The Bertz CT molecular complexity index is 249. The van der Waals surface area contributed by atoms with Crippen molar-refractivity contribution in [3.63, 3.8) is 0 Å². The predicted octanol–water partition coefficient (Wildman–Crippen LogP) is 1.98. The third-order valence-corrected chi connectivity index (χ3v) is 2.24. The first-order chi connectivity index (χ1) is 7.88. The maximum atomic E-state index is 5.51. The third kappa shape index (κ3) is 4.79. The van der Waals surface area contributed by atoms with Gasteiger partial charge in [-0.15, -0.1) is 0 Å². The molecule has 0 radical (unpaired) electrons. The molecule has 1 aromatic rings. The molecule has 0 fully saturated rings. The average Bonchev–Trinajstić information content (AvgIpc) is 2.82. The Labute approximate surface area is 96.9 Å². The summed E-state index contributed by atoms with van der Waals surface area (Å²) in [4.78, 5) is 0. The summed E-state index contributed by atoms with van der Waals surface area (Å²) >= 11 is 0. The van der Waals surface area contributed by atoms with Crippen LogP contribution in [0.1, 0.15) is 25.1 Å². The van der Waals surface area contributed by atoms with E-state index in [0.717, 1.165) is 18.7 Å². The van der Waals surface area contributed by atoms with Crippen LogP contribution in [0.15, 0.2) is 22.8 Å². The molecule has 0 saturated carbocycles. The molecule has 0 bridgehead atoms. The Hall–Kier alpha value is -0.840. The molecule has 1 aromatic heterocycles. The SMILES string of the molecule is CCCNC(COCCOC)c1ccco1. The highest BCUT2D eigenvalue weighted by molar-refractivity contribution is 5.04. The molecular weight excluding hydrogens is 206 g/mol. The van der Waals surface area contributed by atoms with Gasteiger partial charge in [0.15, 0.2) is 0 Å². The van der Waals surface area contributed by atoms with Gasteiger partial charge in [-0.25, -0.2) is 0 Å². The Morgan fingerprint density at radius 3 is 2.94 bits per heavy atom. The summed E-state index contributed by atoms with van der Waals surface area (Å²) in [5.41, 5.74) is 0. The molecule has 0 aliphatic rings. The molecule has 0 aliphatic heterocycles. The van der Waals surface area contributed by atoms with Crippen molar-refractivity contribution >= 4 is 0 Å². The lowest BCUT2D eigenvalue weighted by Crippen LogP contribution is -2.26.